The zero-order chi connectivity index (χ0) is 19.2. The van der Waals surface area contributed by atoms with Crippen LogP contribution >= 0.6 is 35.3 Å². The number of guanidine groups is 1. The molecule has 8 nitrogen and oxygen atoms in total. The number of hydrogen-bond donors (Lipinski definition) is 1. The van der Waals surface area contributed by atoms with Crippen LogP contribution in [0.1, 0.15) is 42.7 Å². The van der Waals surface area contributed by atoms with Gasteiger partial charge in [-0.25, -0.2) is 14.5 Å². The van der Waals surface area contributed by atoms with Crippen LogP contribution in [-0.2, 0) is 26.1 Å². The van der Waals surface area contributed by atoms with Crippen molar-refractivity contribution in [2.75, 3.05) is 20.1 Å². The summed E-state index contributed by atoms with van der Waals surface area (Å²) in [6.07, 6.45) is 3.89. The molecule has 1 aliphatic rings. The number of aliphatic imine (C=N–C) groups is 1. The highest BCUT2D eigenvalue weighted by Crippen LogP contribution is 2.10. The molecule has 1 aliphatic heterocycles. The van der Waals surface area contributed by atoms with E-state index in [1.807, 2.05) is 18.5 Å². The summed E-state index contributed by atoms with van der Waals surface area (Å²) in [4.78, 5) is 23.7. The highest BCUT2D eigenvalue weighted by atomic mass is 127. The first-order valence-corrected chi connectivity index (χ1v) is 10.5. The average molecular weight is 519 g/mol. The number of thiazole rings is 1. The van der Waals surface area contributed by atoms with Crippen LogP contribution in [0.25, 0.3) is 0 Å². The van der Waals surface area contributed by atoms with Crippen LogP contribution in [0.2, 0.25) is 0 Å². The molecule has 1 N–H and O–H groups in total. The molecular weight excluding hydrogens is 489 g/mol. The molecule has 0 saturated carbocycles. The molecule has 0 aromatic carbocycles. The molecule has 0 fully saturated rings. The monoisotopic (exact) mass is 519 g/mol. The van der Waals surface area contributed by atoms with Gasteiger partial charge < -0.3 is 10.2 Å². The number of nitrogens with one attached hydrogen (secondary N) is 1. The maximum atomic E-state index is 12.4. The van der Waals surface area contributed by atoms with Gasteiger partial charge in [0.25, 0.3) is 0 Å². The number of aryl methyl sites for hydroxylation is 3. The molecule has 0 radical (unpaired) electrons. The van der Waals surface area contributed by atoms with Gasteiger partial charge in [0.2, 0.25) is 0 Å². The Morgan fingerprint density at radius 1 is 1.43 bits per heavy atom. The summed E-state index contributed by atoms with van der Waals surface area (Å²) in [5, 5.41) is 11.0. The molecule has 28 heavy (non-hydrogen) atoms. The second-order valence-corrected chi connectivity index (χ2v) is 7.90. The number of rotatable bonds is 7. The van der Waals surface area contributed by atoms with Crippen molar-refractivity contribution in [3.05, 3.63) is 32.4 Å². The molecule has 2 aromatic rings. The van der Waals surface area contributed by atoms with Crippen molar-refractivity contribution in [3.8, 4) is 0 Å². The first kappa shape index (κ1) is 22.9. The zero-order valence-electron chi connectivity index (χ0n) is 16.8. The topological polar surface area (TPSA) is 80.3 Å². The van der Waals surface area contributed by atoms with E-state index >= 15 is 0 Å². The van der Waals surface area contributed by atoms with E-state index in [9.17, 15) is 4.79 Å². The van der Waals surface area contributed by atoms with Gasteiger partial charge in [0, 0.05) is 45.0 Å². The van der Waals surface area contributed by atoms with E-state index in [-0.39, 0.29) is 29.7 Å². The van der Waals surface area contributed by atoms with Gasteiger partial charge in [-0.15, -0.1) is 35.3 Å². The van der Waals surface area contributed by atoms with Gasteiger partial charge in [-0.1, -0.05) is 0 Å². The zero-order valence-corrected chi connectivity index (χ0v) is 20.0. The van der Waals surface area contributed by atoms with Crippen LogP contribution in [0.4, 0.5) is 0 Å². The normalized spacial score (nSPS) is 13.8. The molecule has 3 heterocycles. The summed E-state index contributed by atoms with van der Waals surface area (Å²) < 4.78 is 3.42. The Morgan fingerprint density at radius 3 is 2.93 bits per heavy atom. The molecule has 0 atom stereocenters. The van der Waals surface area contributed by atoms with Gasteiger partial charge >= 0.3 is 5.69 Å². The SMILES string of the molecule is CCNC(=NCCCn1nc2n(c1=O)CCCC2)N(C)Cc1csc(C)n1.I. The van der Waals surface area contributed by atoms with E-state index in [2.05, 4.69) is 32.6 Å². The standard InChI is InChI=1S/C18H29N7OS.HI/c1-4-19-17(23(3)12-15-13-27-14(2)21-15)20-9-7-11-25-18(26)24-10-6-5-8-16(24)22-25;/h13H,4-12H2,1-3H3,(H,19,20);1H. The lowest BCUT2D eigenvalue weighted by Gasteiger charge is -2.21. The molecule has 0 aliphatic carbocycles. The second-order valence-electron chi connectivity index (χ2n) is 6.83. The molecule has 0 amide bonds. The first-order valence-electron chi connectivity index (χ1n) is 9.65. The number of aromatic nitrogens is 4. The van der Waals surface area contributed by atoms with E-state index in [0.717, 1.165) is 67.8 Å². The van der Waals surface area contributed by atoms with Gasteiger partial charge in [-0.05, 0) is 33.1 Å². The Morgan fingerprint density at radius 2 is 2.25 bits per heavy atom. The maximum absolute atomic E-state index is 12.4. The molecule has 0 bridgehead atoms. The third kappa shape index (κ3) is 5.79. The molecular formula is C18H30IN7OS. The predicted molar refractivity (Wildman–Crippen MR) is 124 cm³/mol. The lowest BCUT2D eigenvalue weighted by atomic mass is 10.2. The van der Waals surface area contributed by atoms with Gasteiger partial charge in [0.1, 0.15) is 5.82 Å². The Bertz CT molecular complexity index is 841. The predicted octanol–water partition coefficient (Wildman–Crippen LogP) is 2.25. The van der Waals surface area contributed by atoms with Crippen molar-refractivity contribution in [2.24, 2.45) is 4.99 Å². The van der Waals surface area contributed by atoms with Crippen LogP contribution in [0, 0.1) is 6.92 Å². The minimum absolute atomic E-state index is 0. The first-order chi connectivity index (χ1) is 13.1. The highest BCUT2D eigenvalue weighted by Gasteiger charge is 2.16. The minimum Gasteiger partial charge on any atom is -0.357 e. The second kappa shape index (κ2) is 10.9. The Balaban J connectivity index is 0.00000280. The van der Waals surface area contributed by atoms with E-state index in [0.29, 0.717) is 13.1 Å². The number of halogens is 1. The summed E-state index contributed by atoms with van der Waals surface area (Å²) in [5.41, 5.74) is 1.08. The summed E-state index contributed by atoms with van der Waals surface area (Å²) in [6, 6.07) is 0. The largest absolute Gasteiger partial charge is 0.357 e. The molecule has 0 saturated heterocycles. The van der Waals surface area contributed by atoms with E-state index in [1.165, 1.54) is 0 Å². The summed E-state index contributed by atoms with van der Waals surface area (Å²) in [6.45, 7) is 7.68. The lowest BCUT2D eigenvalue weighted by Crippen LogP contribution is -2.38. The lowest BCUT2D eigenvalue weighted by molar-refractivity contribution is 0.468. The fourth-order valence-corrected chi connectivity index (χ4v) is 3.87. The van der Waals surface area contributed by atoms with E-state index < -0.39 is 0 Å². The van der Waals surface area contributed by atoms with E-state index in [4.69, 9.17) is 4.99 Å². The molecule has 2 aromatic heterocycles. The van der Waals surface area contributed by atoms with Gasteiger partial charge in [0.15, 0.2) is 5.96 Å². The molecule has 0 spiro atoms. The number of hydrogen-bond acceptors (Lipinski definition) is 5. The Hall–Kier alpha value is -1.43. The third-order valence-electron chi connectivity index (χ3n) is 4.58. The smallest absolute Gasteiger partial charge is 0.345 e. The molecule has 0 unspecified atom stereocenters. The summed E-state index contributed by atoms with van der Waals surface area (Å²) >= 11 is 1.66. The van der Waals surface area contributed by atoms with Gasteiger partial charge in [0.05, 0.1) is 17.2 Å². The number of fused-ring (bicyclic) bond motifs is 1. The van der Waals surface area contributed by atoms with Crippen molar-refractivity contribution < 1.29 is 0 Å². The van der Waals surface area contributed by atoms with Crippen LogP contribution in [0.5, 0.6) is 0 Å². The van der Waals surface area contributed by atoms with Crippen molar-refractivity contribution >= 4 is 41.3 Å². The van der Waals surface area contributed by atoms with Crippen LogP contribution in [0.15, 0.2) is 15.2 Å². The van der Waals surface area contributed by atoms with Gasteiger partial charge in [-0.2, -0.15) is 5.10 Å². The molecule has 156 valence electrons. The Labute approximate surface area is 187 Å². The molecule has 3 rings (SSSR count). The fourth-order valence-electron chi connectivity index (χ4n) is 3.27. The van der Waals surface area contributed by atoms with Crippen molar-refractivity contribution in [3.63, 3.8) is 0 Å². The van der Waals surface area contributed by atoms with E-state index in [1.54, 1.807) is 16.0 Å². The van der Waals surface area contributed by atoms with Gasteiger partial charge in [-0.3, -0.25) is 9.56 Å². The van der Waals surface area contributed by atoms with Crippen LogP contribution < -0.4 is 11.0 Å². The summed E-state index contributed by atoms with van der Waals surface area (Å²) in [5.74, 6) is 1.79. The van der Waals surface area contributed by atoms with Crippen molar-refractivity contribution in [1.82, 2.24) is 29.5 Å². The fraction of sp³-hybridized carbons (Fsp3) is 0.667. The molecule has 10 heteroatoms. The third-order valence-corrected chi connectivity index (χ3v) is 5.41. The van der Waals surface area contributed by atoms with Crippen molar-refractivity contribution in [1.29, 1.82) is 0 Å². The number of nitrogens with zero attached hydrogens (tertiary/aromatic N) is 6. The van der Waals surface area contributed by atoms with Crippen LogP contribution in [-0.4, -0.2) is 50.3 Å². The summed E-state index contributed by atoms with van der Waals surface area (Å²) in [7, 11) is 2.02. The minimum atomic E-state index is 0. The highest BCUT2D eigenvalue weighted by molar-refractivity contribution is 14.0. The maximum Gasteiger partial charge on any atom is 0.345 e. The quantitative estimate of drug-likeness (QED) is 0.263. The van der Waals surface area contributed by atoms with Crippen molar-refractivity contribution in [2.45, 2.75) is 59.2 Å². The Kier molecular flexibility index (Phi) is 8.93. The van der Waals surface area contributed by atoms with Crippen LogP contribution in [0.3, 0.4) is 0 Å². The average Bonchev–Trinajstić information content (AvgIpc) is 3.21.